The molecular formula is C23H34N2. The van der Waals surface area contributed by atoms with E-state index in [1.807, 2.05) is 6.92 Å². The second-order valence-electron chi connectivity index (χ2n) is 7.97. The van der Waals surface area contributed by atoms with Gasteiger partial charge in [0.25, 0.3) is 0 Å². The molecule has 2 rings (SSSR count). The van der Waals surface area contributed by atoms with Crippen molar-refractivity contribution in [3.8, 4) is 0 Å². The zero-order valence-corrected chi connectivity index (χ0v) is 16.8. The third-order valence-corrected chi connectivity index (χ3v) is 5.19. The maximum Gasteiger partial charge on any atom is 0.0332 e. The highest BCUT2D eigenvalue weighted by molar-refractivity contribution is 5.96. The topological polar surface area (TPSA) is 35.9 Å². The van der Waals surface area contributed by atoms with Gasteiger partial charge in [0.1, 0.15) is 0 Å². The quantitative estimate of drug-likeness (QED) is 0.542. The van der Waals surface area contributed by atoms with Gasteiger partial charge in [0.05, 0.1) is 0 Å². The summed E-state index contributed by atoms with van der Waals surface area (Å²) in [7, 11) is 0. The van der Waals surface area contributed by atoms with Crippen molar-refractivity contribution in [1.29, 1.82) is 5.41 Å². The molecule has 0 amide bonds. The zero-order valence-electron chi connectivity index (χ0n) is 16.8. The summed E-state index contributed by atoms with van der Waals surface area (Å²) in [5.41, 5.74) is 8.53. The van der Waals surface area contributed by atoms with Crippen molar-refractivity contribution in [3.05, 3.63) is 52.2 Å². The largest absolute Gasteiger partial charge is 0.390 e. The highest BCUT2D eigenvalue weighted by Gasteiger charge is 2.20. The molecule has 1 aromatic rings. The van der Waals surface area contributed by atoms with Gasteiger partial charge >= 0.3 is 0 Å². The van der Waals surface area contributed by atoms with Crippen molar-refractivity contribution >= 4 is 11.3 Å². The molecule has 2 nitrogen and oxygen atoms in total. The molecule has 1 saturated carbocycles. The van der Waals surface area contributed by atoms with Crippen LogP contribution < -0.4 is 5.32 Å². The van der Waals surface area contributed by atoms with Gasteiger partial charge in [-0.3, -0.25) is 0 Å². The minimum atomic E-state index is 0.511. The van der Waals surface area contributed by atoms with Crippen LogP contribution in [0.15, 0.2) is 35.5 Å². The molecule has 0 aromatic heterocycles. The van der Waals surface area contributed by atoms with E-state index in [-0.39, 0.29) is 0 Å². The van der Waals surface area contributed by atoms with Gasteiger partial charge in [-0.05, 0) is 81.1 Å². The van der Waals surface area contributed by atoms with E-state index in [0.717, 1.165) is 24.5 Å². The molecule has 0 heterocycles. The normalized spacial score (nSPS) is 16.0. The van der Waals surface area contributed by atoms with Crippen molar-refractivity contribution in [2.75, 3.05) is 6.54 Å². The third kappa shape index (κ3) is 5.59. The van der Waals surface area contributed by atoms with Crippen LogP contribution in [0.5, 0.6) is 0 Å². The molecule has 0 radical (unpaired) electrons. The summed E-state index contributed by atoms with van der Waals surface area (Å²) in [6.07, 6.45) is 5.60. The highest BCUT2D eigenvalue weighted by atomic mass is 14.8. The molecule has 136 valence electrons. The average molecular weight is 339 g/mol. The summed E-state index contributed by atoms with van der Waals surface area (Å²) < 4.78 is 0. The van der Waals surface area contributed by atoms with E-state index < -0.39 is 0 Å². The summed E-state index contributed by atoms with van der Waals surface area (Å²) in [4.78, 5) is 0. The Labute approximate surface area is 153 Å². The maximum absolute atomic E-state index is 8.10. The van der Waals surface area contributed by atoms with Crippen LogP contribution in [0.25, 0.3) is 5.57 Å². The van der Waals surface area contributed by atoms with Crippen LogP contribution in [0.4, 0.5) is 0 Å². The van der Waals surface area contributed by atoms with Crippen LogP contribution in [0.3, 0.4) is 0 Å². The Hall–Kier alpha value is -1.83. The first kappa shape index (κ1) is 19.5. The van der Waals surface area contributed by atoms with Crippen LogP contribution in [0.1, 0.15) is 76.5 Å². The fourth-order valence-electron chi connectivity index (χ4n) is 3.11. The van der Waals surface area contributed by atoms with Crippen LogP contribution in [-0.2, 0) is 0 Å². The lowest BCUT2D eigenvalue weighted by Crippen LogP contribution is -2.12. The molecule has 0 unspecified atom stereocenters. The van der Waals surface area contributed by atoms with Gasteiger partial charge in [0.2, 0.25) is 0 Å². The Bertz CT molecular complexity index is 688. The molecule has 1 aromatic carbocycles. The van der Waals surface area contributed by atoms with E-state index in [4.69, 9.17) is 5.41 Å². The Balaban J connectivity index is 2.22. The zero-order chi connectivity index (χ0) is 18.6. The second kappa shape index (κ2) is 8.51. The van der Waals surface area contributed by atoms with Gasteiger partial charge in [0, 0.05) is 18.5 Å². The summed E-state index contributed by atoms with van der Waals surface area (Å²) in [5.74, 6) is 1.36. The predicted octanol–water partition coefficient (Wildman–Crippen LogP) is 6.23. The first-order valence-electron chi connectivity index (χ1n) is 9.54. The van der Waals surface area contributed by atoms with Crippen LogP contribution in [0, 0.1) is 18.3 Å². The fraction of sp³-hybridized carbons (Fsp3) is 0.522. The van der Waals surface area contributed by atoms with Gasteiger partial charge in [-0.2, -0.15) is 0 Å². The lowest BCUT2D eigenvalue weighted by molar-refractivity contribution is 0.743. The Morgan fingerprint density at radius 2 is 1.92 bits per heavy atom. The van der Waals surface area contributed by atoms with Crippen LogP contribution in [0.2, 0.25) is 0 Å². The molecule has 1 aliphatic carbocycles. The molecule has 0 bridgehead atoms. The molecule has 2 N–H and O–H groups in total. The van der Waals surface area contributed by atoms with Crippen LogP contribution >= 0.6 is 0 Å². The van der Waals surface area contributed by atoms with Crippen molar-refractivity contribution in [1.82, 2.24) is 5.32 Å². The van der Waals surface area contributed by atoms with Gasteiger partial charge in [-0.25, -0.2) is 0 Å². The van der Waals surface area contributed by atoms with Crippen molar-refractivity contribution < 1.29 is 0 Å². The maximum atomic E-state index is 8.10. The Morgan fingerprint density at radius 1 is 1.24 bits per heavy atom. The van der Waals surface area contributed by atoms with Gasteiger partial charge < -0.3 is 10.7 Å². The monoisotopic (exact) mass is 338 g/mol. The number of aryl methyl sites for hydroxylation is 1. The van der Waals surface area contributed by atoms with E-state index in [1.165, 1.54) is 40.7 Å². The SMILES string of the molecule is CC(=N)/C(=C\NCC1CC1)C/C(C)=C(/C)c1ccc(C)cc1C(C)C. The molecule has 2 heteroatoms. The summed E-state index contributed by atoms with van der Waals surface area (Å²) in [6.45, 7) is 14.0. The van der Waals surface area contributed by atoms with Crippen molar-refractivity contribution in [2.24, 2.45) is 5.92 Å². The van der Waals surface area contributed by atoms with Crippen molar-refractivity contribution in [3.63, 3.8) is 0 Å². The second-order valence-corrected chi connectivity index (χ2v) is 7.97. The van der Waals surface area contributed by atoms with Gasteiger partial charge in [-0.15, -0.1) is 0 Å². The number of hydrogen-bond acceptors (Lipinski definition) is 2. The molecule has 1 fully saturated rings. The van der Waals surface area contributed by atoms with Crippen molar-refractivity contribution in [2.45, 2.75) is 66.7 Å². The molecule has 1 aliphatic rings. The predicted molar refractivity (Wildman–Crippen MR) is 110 cm³/mol. The van der Waals surface area contributed by atoms with E-state index in [2.05, 4.69) is 64.3 Å². The minimum Gasteiger partial charge on any atom is -0.390 e. The molecule has 0 atom stereocenters. The van der Waals surface area contributed by atoms with Gasteiger partial charge in [0.15, 0.2) is 0 Å². The summed E-state index contributed by atoms with van der Waals surface area (Å²) in [6, 6.07) is 6.77. The minimum absolute atomic E-state index is 0.511. The van der Waals surface area contributed by atoms with E-state index in [1.54, 1.807) is 0 Å². The first-order valence-corrected chi connectivity index (χ1v) is 9.54. The summed E-state index contributed by atoms with van der Waals surface area (Å²) in [5, 5.41) is 11.5. The number of nitrogens with one attached hydrogen (secondary N) is 2. The summed E-state index contributed by atoms with van der Waals surface area (Å²) >= 11 is 0. The number of allylic oxidation sites excluding steroid dienone is 3. The van der Waals surface area contributed by atoms with E-state index >= 15 is 0 Å². The molecule has 0 saturated heterocycles. The highest BCUT2D eigenvalue weighted by Crippen LogP contribution is 2.31. The number of hydrogen-bond donors (Lipinski definition) is 2. The molecular weight excluding hydrogens is 304 g/mol. The standard InChI is InChI=1S/C23H34N2/c1-15(2)23-11-16(3)7-10-22(23)18(5)17(4)12-21(19(6)24)14-25-13-20-8-9-20/h7,10-11,14-15,20,24-25H,8-9,12-13H2,1-6H3/b18-17-,21-14-,24-19?. The molecule has 25 heavy (non-hydrogen) atoms. The lowest BCUT2D eigenvalue weighted by Gasteiger charge is -2.17. The smallest absolute Gasteiger partial charge is 0.0332 e. The van der Waals surface area contributed by atoms with Gasteiger partial charge in [-0.1, -0.05) is 43.2 Å². The molecule has 0 aliphatic heterocycles. The average Bonchev–Trinajstić information content (AvgIpc) is 3.37. The van der Waals surface area contributed by atoms with Crippen LogP contribution in [-0.4, -0.2) is 12.3 Å². The Kier molecular flexibility index (Phi) is 6.64. The van der Waals surface area contributed by atoms with E-state index in [0.29, 0.717) is 11.6 Å². The number of rotatable bonds is 8. The van der Waals surface area contributed by atoms with E-state index in [9.17, 15) is 0 Å². The number of benzene rings is 1. The lowest BCUT2D eigenvalue weighted by atomic mass is 9.88. The first-order chi connectivity index (χ1) is 11.8. The third-order valence-electron chi connectivity index (χ3n) is 5.19. The molecule has 0 spiro atoms. The Morgan fingerprint density at radius 3 is 2.48 bits per heavy atom. The fourth-order valence-corrected chi connectivity index (χ4v) is 3.11.